The van der Waals surface area contributed by atoms with Crippen LogP contribution in [-0.2, 0) is 6.42 Å². The summed E-state index contributed by atoms with van der Waals surface area (Å²) in [4.78, 5) is 0. The summed E-state index contributed by atoms with van der Waals surface area (Å²) < 4.78 is 1.65. The molecule has 0 saturated carbocycles. The summed E-state index contributed by atoms with van der Waals surface area (Å²) in [7, 11) is 0. The van der Waals surface area contributed by atoms with E-state index in [1.165, 1.54) is 0 Å². The Morgan fingerprint density at radius 2 is 1.78 bits per heavy atom. The molecular formula is C20H22N2O. The zero-order chi connectivity index (χ0) is 16.4. The molecule has 3 rings (SSSR count). The van der Waals surface area contributed by atoms with Gasteiger partial charge in [0.15, 0.2) is 0 Å². The Morgan fingerprint density at radius 1 is 1.04 bits per heavy atom. The van der Waals surface area contributed by atoms with Gasteiger partial charge in [0, 0.05) is 0 Å². The van der Waals surface area contributed by atoms with Gasteiger partial charge >= 0.3 is 0 Å². The van der Waals surface area contributed by atoms with Crippen molar-refractivity contribution >= 4 is 0 Å². The fourth-order valence-electron chi connectivity index (χ4n) is 2.82. The third kappa shape index (κ3) is 3.14. The molecule has 1 heterocycles. The van der Waals surface area contributed by atoms with Crippen LogP contribution in [0.5, 0.6) is 5.88 Å². The first-order valence-corrected chi connectivity index (χ1v) is 7.99. The highest BCUT2D eigenvalue weighted by Gasteiger charge is 2.20. The van der Waals surface area contributed by atoms with Gasteiger partial charge in [-0.15, -0.1) is 0 Å². The number of aryl methyl sites for hydroxylation is 1. The van der Waals surface area contributed by atoms with Gasteiger partial charge in [0.2, 0.25) is 5.88 Å². The number of benzene rings is 2. The summed E-state index contributed by atoms with van der Waals surface area (Å²) in [5.41, 5.74) is 4.80. The van der Waals surface area contributed by atoms with E-state index in [4.69, 9.17) is 5.10 Å². The van der Waals surface area contributed by atoms with E-state index >= 15 is 0 Å². The SMILES string of the molecule is Cc1cccc(-n2nc(CC(C)C)c(-c3ccccc3)c2O)c1. The highest BCUT2D eigenvalue weighted by Crippen LogP contribution is 2.35. The molecule has 0 saturated heterocycles. The molecule has 0 unspecified atom stereocenters. The molecule has 3 aromatic rings. The van der Waals surface area contributed by atoms with Crippen LogP contribution in [0.25, 0.3) is 16.8 Å². The van der Waals surface area contributed by atoms with E-state index in [9.17, 15) is 5.11 Å². The molecule has 0 amide bonds. The highest BCUT2D eigenvalue weighted by atomic mass is 16.3. The summed E-state index contributed by atoms with van der Waals surface area (Å²) in [6, 6.07) is 18.0. The van der Waals surface area contributed by atoms with Crippen molar-refractivity contribution in [2.75, 3.05) is 0 Å². The van der Waals surface area contributed by atoms with Gasteiger partial charge in [0.1, 0.15) is 0 Å². The van der Waals surface area contributed by atoms with Crippen LogP contribution < -0.4 is 0 Å². The third-order valence-electron chi connectivity index (χ3n) is 3.84. The number of aromatic nitrogens is 2. The highest BCUT2D eigenvalue weighted by molar-refractivity contribution is 5.72. The van der Waals surface area contributed by atoms with Crippen molar-refractivity contribution in [1.82, 2.24) is 9.78 Å². The van der Waals surface area contributed by atoms with Crippen LogP contribution in [0.15, 0.2) is 54.6 Å². The molecule has 3 heteroatoms. The van der Waals surface area contributed by atoms with E-state index in [-0.39, 0.29) is 5.88 Å². The maximum atomic E-state index is 10.8. The van der Waals surface area contributed by atoms with Crippen molar-refractivity contribution in [3.05, 3.63) is 65.9 Å². The van der Waals surface area contributed by atoms with Crippen molar-refractivity contribution in [3.8, 4) is 22.7 Å². The van der Waals surface area contributed by atoms with Gasteiger partial charge in [-0.25, -0.2) is 4.68 Å². The third-order valence-corrected chi connectivity index (χ3v) is 3.84. The Balaban J connectivity index is 2.18. The second-order valence-electron chi connectivity index (χ2n) is 6.36. The summed E-state index contributed by atoms with van der Waals surface area (Å²) in [5, 5.41) is 15.5. The maximum absolute atomic E-state index is 10.8. The first-order chi connectivity index (χ1) is 11.1. The van der Waals surface area contributed by atoms with Gasteiger partial charge < -0.3 is 5.11 Å². The molecule has 118 valence electrons. The minimum Gasteiger partial charge on any atom is -0.493 e. The monoisotopic (exact) mass is 306 g/mol. The van der Waals surface area contributed by atoms with Crippen molar-refractivity contribution in [2.24, 2.45) is 5.92 Å². The first-order valence-electron chi connectivity index (χ1n) is 7.99. The zero-order valence-electron chi connectivity index (χ0n) is 13.8. The van der Waals surface area contributed by atoms with E-state index in [0.717, 1.165) is 34.5 Å². The lowest BCUT2D eigenvalue weighted by molar-refractivity contribution is 0.435. The van der Waals surface area contributed by atoms with Gasteiger partial charge in [0.25, 0.3) is 0 Å². The van der Waals surface area contributed by atoms with Gasteiger partial charge in [-0.2, -0.15) is 5.10 Å². The molecule has 0 aliphatic heterocycles. The molecule has 0 bridgehead atoms. The van der Waals surface area contributed by atoms with E-state index in [0.29, 0.717) is 5.92 Å². The van der Waals surface area contributed by atoms with Crippen LogP contribution in [0.2, 0.25) is 0 Å². The Labute approximate surface area is 137 Å². The fraction of sp³-hybridized carbons (Fsp3) is 0.250. The summed E-state index contributed by atoms with van der Waals surface area (Å²) in [5.74, 6) is 0.676. The summed E-state index contributed by atoms with van der Waals surface area (Å²) in [6.07, 6.45) is 0.830. The zero-order valence-corrected chi connectivity index (χ0v) is 13.8. The Hall–Kier alpha value is -2.55. The second-order valence-corrected chi connectivity index (χ2v) is 6.36. The Bertz CT molecular complexity index is 804. The van der Waals surface area contributed by atoms with Crippen LogP contribution in [-0.4, -0.2) is 14.9 Å². The predicted octanol–water partition coefficient (Wildman–Crippen LogP) is 4.75. The molecule has 23 heavy (non-hydrogen) atoms. The van der Waals surface area contributed by atoms with Gasteiger partial charge in [0.05, 0.1) is 16.9 Å². The molecule has 0 fully saturated rings. The van der Waals surface area contributed by atoms with Crippen molar-refractivity contribution in [2.45, 2.75) is 27.2 Å². The van der Waals surface area contributed by atoms with Crippen molar-refractivity contribution < 1.29 is 5.11 Å². The van der Waals surface area contributed by atoms with Crippen LogP contribution in [0.4, 0.5) is 0 Å². The molecule has 2 aromatic carbocycles. The van der Waals surface area contributed by atoms with E-state index < -0.39 is 0 Å². The maximum Gasteiger partial charge on any atom is 0.222 e. The molecule has 0 aliphatic rings. The molecule has 1 N–H and O–H groups in total. The quantitative estimate of drug-likeness (QED) is 0.755. The minimum atomic E-state index is 0.206. The largest absolute Gasteiger partial charge is 0.493 e. The van der Waals surface area contributed by atoms with Gasteiger partial charge in [-0.1, -0.05) is 56.3 Å². The standard InChI is InChI=1S/C20H22N2O/c1-14(2)12-18-19(16-9-5-4-6-10-16)20(23)22(21-18)17-11-7-8-15(3)13-17/h4-11,13-14,23H,12H2,1-3H3. The number of hydrogen-bond donors (Lipinski definition) is 1. The van der Waals surface area contributed by atoms with Crippen LogP contribution in [0.3, 0.4) is 0 Å². The van der Waals surface area contributed by atoms with E-state index in [2.05, 4.69) is 13.8 Å². The molecule has 0 aliphatic carbocycles. The first kappa shape index (κ1) is 15.3. The number of rotatable bonds is 4. The molecule has 0 spiro atoms. The molecule has 3 nitrogen and oxygen atoms in total. The van der Waals surface area contributed by atoms with E-state index in [1.807, 2.05) is 61.5 Å². The minimum absolute atomic E-state index is 0.206. The average Bonchev–Trinajstić information content (AvgIpc) is 2.84. The summed E-state index contributed by atoms with van der Waals surface area (Å²) in [6.45, 7) is 6.37. The second kappa shape index (κ2) is 6.29. The lowest BCUT2D eigenvalue weighted by Crippen LogP contribution is -2.00. The summed E-state index contributed by atoms with van der Waals surface area (Å²) >= 11 is 0. The molecule has 0 atom stereocenters. The van der Waals surface area contributed by atoms with E-state index in [1.54, 1.807) is 4.68 Å². The molecule has 1 aromatic heterocycles. The van der Waals surface area contributed by atoms with Crippen LogP contribution in [0.1, 0.15) is 25.1 Å². The van der Waals surface area contributed by atoms with Crippen molar-refractivity contribution in [3.63, 3.8) is 0 Å². The lowest BCUT2D eigenvalue weighted by atomic mass is 10.00. The Morgan fingerprint density at radius 3 is 2.43 bits per heavy atom. The normalized spacial score (nSPS) is 11.1. The van der Waals surface area contributed by atoms with Crippen LogP contribution >= 0.6 is 0 Å². The van der Waals surface area contributed by atoms with Gasteiger partial charge in [-0.3, -0.25) is 0 Å². The molecular weight excluding hydrogens is 284 g/mol. The number of aromatic hydroxyl groups is 1. The molecule has 0 radical (unpaired) electrons. The van der Waals surface area contributed by atoms with Crippen molar-refractivity contribution in [1.29, 1.82) is 0 Å². The van der Waals surface area contributed by atoms with Crippen LogP contribution in [0, 0.1) is 12.8 Å². The average molecular weight is 306 g/mol. The number of nitrogens with zero attached hydrogens (tertiary/aromatic N) is 2. The lowest BCUT2D eigenvalue weighted by Gasteiger charge is -2.05. The Kier molecular flexibility index (Phi) is 4.20. The predicted molar refractivity (Wildman–Crippen MR) is 93.9 cm³/mol. The topological polar surface area (TPSA) is 38.0 Å². The fourth-order valence-corrected chi connectivity index (χ4v) is 2.82. The van der Waals surface area contributed by atoms with Gasteiger partial charge in [-0.05, 0) is 42.5 Å². The smallest absolute Gasteiger partial charge is 0.222 e. The number of hydrogen-bond acceptors (Lipinski definition) is 2.